The summed E-state index contributed by atoms with van der Waals surface area (Å²) in [6.07, 6.45) is 0. The second-order valence-electron chi connectivity index (χ2n) is 24.9. The van der Waals surface area contributed by atoms with E-state index >= 15 is 0 Å². The van der Waals surface area contributed by atoms with Crippen LogP contribution in [0.15, 0.2) is 303 Å². The maximum absolute atomic E-state index is 5.44. The van der Waals surface area contributed by atoms with Crippen LogP contribution in [0.3, 0.4) is 0 Å². The smallest absolute Gasteiger partial charge is 0.164 e. The molecule has 0 fully saturated rings. The van der Waals surface area contributed by atoms with Crippen molar-refractivity contribution < 1.29 is 0 Å². The van der Waals surface area contributed by atoms with E-state index in [0.29, 0.717) is 34.9 Å². The lowest BCUT2D eigenvalue weighted by molar-refractivity contribution is 1.07. The van der Waals surface area contributed by atoms with Crippen molar-refractivity contribution in [3.63, 3.8) is 0 Å². The summed E-state index contributed by atoms with van der Waals surface area (Å²) in [6.45, 7) is 8.70. The second kappa shape index (κ2) is 23.9. The molecule has 0 saturated heterocycles. The van der Waals surface area contributed by atoms with Crippen molar-refractivity contribution in [2.45, 2.75) is 27.7 Å². The fourth-order valence-electron chi connectivity index (χ4n) is 14.0. The van der Waals surface area contributed by atoms with Gasteiger partial charge in [0.05, 0.1) is 22.1 Å². The van der Waals surface area contributed by atoms with Crippen LogP contribution in [-0.2, 0) is 0 Å². The number of fused-ring (bicyclic) bond motifs is 6. The van der Waals surface area contributed by atoms with Crippen LogP contribution < -0.4 is 0 Å². The number of hydrogen-bond acceptors (Lipinski definition) is 6. The molecule has 0 spiro atoms. The molecule has 0 unspecified atom stereocenters. The fraction of sp³-hybridized carbons (Fsp3) is 0.0455. The number of nitrogens with zero attached hydrogens (tertiary/aromatic N) is 8. The molecule has 0 amide bonds. The van der Waals surface area contributed by atoms with Gasteiger partial charge in [-0.15, -0.1) is 0 Å². The number of rotatable bonds is 12. The van der Waals surface area contributed by atoms with E-state index in [-0.39, 0.29) is 0 Å². The van der Waals surface area contributed by atoms with Crippen LogP contribution in [0.4, 0.5) is 0 Å². The molecule has 17 aromatic rings. The van der Waals surface area contributed by atoms with Crippen molar-refractivity contribution in [1.29, 1.82) is 0 Å². The predicted octanol–water partition coefficient (Wildman–Crippen LogP) is 22.2. The van der Waals surface area contributed by atoms with Gasteiger partial charge in [-0.05, 0) is 150 Å². The summed E-state index contributed by atoms with van der Waals surface area (Å²) in [5.41, 5.74) is 25.2. The highest BCUT2D eigenvalue weighted by Gasteiger charge is 2.24. The van der Waals surface area contributed by atoms with Gasteiger partial charge in [-0.1, -0.05) is 248 Å². The van der Waals surface area contributed by atoms with Crippen LogP contribution in [-0.4, -0.2) is 39.0 Å². The van der Waals surface area contributed by atoms with Crippen molar-refractivity contribution in [3.8, 4) is 124 Å². The lowest BCUT2D eigenvalue weighted by Crippen LogP contribution is -2.03. The Morgan fingerprint density at radius 1 is 0.198 bits per heavy atom. The maximum atomic E-state index is 5.44. The van der Waals surface area contributed by atoms with Gasteiger partial charge in [-0.25, -0.2) is 29.9 Å². The van der Waals surface area contributed by atoms with Gasteiger partial charge in [0.1, 0.15) is 0 Å². The number of aromatic nitrogens is 8. The molecule has 0 aliphatic heterocycles. The Morgan fingerprint density at radius 2 is 0.510 bits per heavy atom. The van der Waals surface area contributed by atoms with Crippen molar-refractivity contribution in [3.05, 3.63) is 326 Å². The molecule has 0 aliphatic carbocycles. The van der Waals surface area contributed by atoms with E-state index < -0.39 is 0 Å². The first-order valence-electron chi connectivity index (χ1n) is 32.6. The molecule has 13 aromatic carbocycles. The molecule has 17 rings (SSSR count). The molecule has 0 atom stereocenters. The summed E-state index contributed by atoms with van der Waals surface area (Å²) in [7, 11) is 0. The molecule has 8 heteroatoms. The van der Waals surface area contributed by atoms with Gasteiger partial charge in [0.25, 0.3) is 0 Å². The minimum Gasteiger partial charge on any atom is -0.309 e. The third kappa shape index (κ3) is 10.4. The molecule has 4 aromatic heterocycles. The Morgan fingerprint density at radius 3 is 0.885 bits per heavy atom. The number of para-hydroxylation sites is 2. The summed E-state index contributed by atoms with van der Waals surface area (Å²) in [5, 5.41) is 4.68. The summed E-state index contributed by atoms with van der Waals surface area (Å²) >= 11 is 0. The van der Waals surface area contributed by atoms with E-state index in [1.54, 1.807) is 0 Å². The highest BCUT2D eigenvalue weighted by molar-refractivity contribution is 6.12. The highest BCUT2D eigenvalue weighted by Crippen LogP contribution is 2.44. The molecule has 0 radical (unpaired) electrons. The van der Waals surface area contributed by atoms with E-state index in [4.69, 9.17) is 29.9 Å². The SMILES string of the molecule is Cc1ccc(-c2ccc3c(c2)c2ccccc2n3-c2ccc(-c3cccc(-c4ccc(-n5c6ccccc6c6cc(-c7ccc(C)cc7C)ccc65)cc4-c4nc(-c5ccccc5)nc(-c5ccccc5)n4)c3)c(-c3nc(-c4ccccc4)nc(-c4ccccc4)n3)c2)c(C)c1. The van der Waals surface area contributed by atoms with Crippen LogP contribution in [0.2, 0.25) is 0 Å². The second-order valence-corrected chi connectivity index (χ2v) is 24.9. The van der Waals surface area contributed by atoms with Crippen molar-refractivity contribution in [2.75, 3.05) is 0 Å². The van der Waals surface area contributed by atoms with Gasteiger partial charge >= 0.3 is 0 Å². The normalized spacial score (nSPS) is 11.5. The zero-order valence-corrected chi connectivity index (χ0v) is 53.4. The average Bonchev–Trinajstić information content (AvgIpc) is 1.57. The highest BCUT2D eigenvalue weighted by atomic mass is 15.1. The molecule has 96 heavy (non-hydrogen) atoms. The van der Waals surface area contributed by atoms with Crippen LogP contribution in [0.25, 0.3) is 168 Å². The first kappa shape index (κ1) is 57.4. The molecule has 0 saturated carbocycles. The number of benzene rings is 13. The van der Waals surface area contributed by atoms with E-state index in [0.717, 1.165) is 89.1 Å². The van der Waals surface area contributed by atoms with Gasteiger partial charge in [-0.2, -0.15) is 0 Å². The van der Waals surface area contributed by atoms with Crippen LogP contribution >= 0.6 is 0 Å². The van der Waals surface area contributed by atoms with Gasteiger partial charge in [0.15, 0.2) is 34.9 Å². The number of hydrogen-bond donors (Lipinski definition) is 0. The summed E-state index contributed by atoms with van der Waals surface area (Å²) in [6, 6.07) is 108. The first-order valence-corrected chi connectivity index (χ1v) is 32.6. The minimum absolute atomic E-state index is 0.548. The van der Waals surface area contributed by atoms with E-state index in [9.17, 15) is 0 Å². The van der Waals surface area contributed by atoms with Gasteiger partial charge in [-0.3, -0.25) is 0 Å². The average molecular weight is 1230 g/mol. The number of aryl methyl sites for hydroxylation is 4. The largest absolute Gasteiger partial charge is 0.309 e. The zero-order chi connectivity index (χ0) is 64.4. The Bertz CT molecular complexity index is 5400. The minimum atomic E-state index is 0.548. The fourth-order valence-corrected chi connectivity index (χ4v) is 14.0. The third-order valence-corrected chi connectivity index (χ3v) is 18.6. The maximum Gasteiger partial charge on any atom is 0.164 e. The Balaban J connectivity index is 0.888. The summed E-state index contributed by atoms with van der Waals surface area (Å²) in [4.78, 5) is 32.1. The molecular formula is C88H62N8. The summed E-state index contributed by atoms with van der Waals surface area (Å²) in [5.74, 6) is 3.42. The monoisotopic (exact) mass is 1230 g/mol. The van der Waals surface area contributed by atoms with E-state index in [1.807, 2.05) is 72.8 Å². The predicted molar refractivity (Wildman–Crippen MR) is 395 cm³/mol. The van der Waals surface area contributed by atoms with Crippen molar-refractivity contribution in [2.24, 2.45) is 0 Å². The first-order chi connectivity index (χ1) is 47.2. The molecular weight excluding hydrogens is 1170 g/mol. The Labute approximate surface area is 556 Å². The van der Waals surface area contributed by atoms with Gasteiger partial charge in [0.2, 0.25) is 0 Å². The molecule has 454 valence electrons. The molecule has 0 bridgehead atoms. The van der Waals surface area contributed by atoms with Crippen LogP contribution in [0.5, 0.6) is 0 Å². The molecule has 8 nitrogen and oxygen atoms in total. The third-order valence-electron chi connectivity index (χ3n) is 18.6. The zero-order valence-electron chi connectivity index (χ0n) is 53.4. The van der Waals surface area contributed by atoms with E-state index in [1.165, 1.54) is 66.1 Å². The van der Waals surface area contributed by atoms with E-state index in [2.05, 4.69) is 267 Å². The molecule has 4 heterocycles. The van der Waals surface area contributed by atoms with Crippen LogP contribution in [0, 0.1) is 27.7 Å². The topological polar surface area (TPSA) is 87.2 Å². The Hall–Kier alpha value is -12.5. The quantitative estimate of drug-likeness (QED) is 0.121. The lowest BCUT2D eigenvalue weighted by atomic mass is 9.92. The molecule has 0 N–H and O–H groups in total. The van der Waals surface area contributed by atoms with Gasteiger partial charge < -0.3 is 9.13 Å². The van der Waals surface area contributed by atoms with Crippen LogP contribution in [0.1, 0.15) is 22.3 Å². The standard InChI is InChI=1S/C88H62N8/c1-55-36-42-69(57(3)48-55)65-38-46-81-75(51-65)73-32-17-19-34-79(73)95(81)67-40-44-71(77(53-67)87-91-83(59-22-9-5-10-23-59)89-84(92-87)60-24-11-6-12-25-60)63-30-21-31-64(50-63)72-45-41-68(54-78(72)88-93-85(61-26-13-7-14-27-61)90-86(94-88)62-28-15-8-16-29-62)96-80-35-20-18-33-74(80)76-52-66(39-47-82(76)96)70-43-37-56(2)49-58(70)4/h5-54H,1-4H3. The summed E-state index contributed by atoms with van der Waals surface area (Å²) < 4.78 is 4.77. The Kier molecular flexibility index (Phi) is 14.3. The van der Waals surface area contributed by atoms with Crippen molar-refractivity contribution >= 4 is 43.6 Å². The molecule has 0 aliphatic rings. The van der Waals surface area contributed by atoms with Crippen molar-refractivity contribution in [1.82, 2.24) is 39.0 Å². The lowest BCUT2D eigenvalue weighted by Gasteiger charge is -2.18. The van der Waals surface area contributed by atoms with Gasteiger partial charge in [0, 0.05) is 66.3 Å².